The summed E-state index contributed by atoms with van der Waals surface area (Å²) in [6.45, 7) is 5.54. The van der Waals surface area contributed by atoms with E-state index in [9.17, 15) is 4.79 Å². The Morgan fingerprint density at radius 2 is 1.88 bits per heavy atom. The smallest absolute Gasteiger partial charge is 0.251 e. The van der Waals surface area contributed by atoms with Crippen LogP contribution in [0.5, 0.6) is 5.75 Å². The quantitative estimate of drug-likeness (QED) is 0.353. The molecule has 0 aliphatic rings. The van der Waals surface area contributed by atoms with Crippen LogP contribution in [-0.4, -0.2) is 31.6 Å². The first-order valence-electron chi connectivity index (χ1n) is 10.6. The minimum absolute atomic E-state index is 0.0310. The molecule has 1 aromatic heterocycles. The molecule has 1 amide bonds. The molecule has 1 heterocycles. The highest BCUT2D eigenvalue weighted by Gasteiger charge is 2.09. The van der Waals surface area contributed by atoms with E-state index in [1.165, 1.54) is 0 Å². The number of furan rings is 1. The Hall–Kier alpha value is -3.74. The molecule has 7 heteroatoms. The van der Waals surface area contributed by atoms with Crippen LogP contribution in [0.4, 0.5) is 0 Å². The van der Waals surface area contributed by atoms with Crippen LogP contribution >= 0.6 is 0 Å². The third-order valence-electron chi connectivity index (χ3n) is 4.76. The summed E-state index contributed by atoms with van der Waals surface area (Å²) < 4.78 is 11.2. The van der Waals surface area contributed by atoms with E-state index in [0.29, 0.717) is 36.9 Å². The number of hydrogen-bond donors (Lipinski definition) is 3. The van der Waals surface area contributed by atoms with Gasteiger partial charge in [-0.1, -0.05) is 24.3 Å². The Balaban J connectivity index is 1.46. The van der Waals surface area contributed by atoms with E-state index in [1.54, 1.807) is 25.4 Å². The van der Waals surface area contributed by atoms with E-state index >= 15 is 0 Å². The Kier molecular flexibility index (Phi) is 8.31. The van der Waals surface area contributed by atoms with E-state index in [0.717, 1.165) is 16.9 Å². The average molecular weight is 435 g/mol. The molecule has 0 bridgehead atoms. The lowest BCUT2D eigenvalue weighted by Gasteiger charge is -2.18. The number of aryl methyl sites for hydroxylation is 1. The van der Waals surface area contributed by atoms with Gasteiger partial charge in [0.25, 0.3) is 5.91 Å². The summed E-state index contributed by atoms with van der Waals surface area (Å²) >= 11 is 0. The van der Waals surface area contributed by atoms with Crippen LogP contribution in [0.3, 0.4) is 0 Å². The van der Waals surface area contributed by atoms with Gasteiger partial charge in [-0.2, -0.15) is 0 Å². The number of nitrogens with one attached hydrogen (secondary N) is 3. The molecule has 0 aliphatic heterocycles. The number of ether oxygens (including phenoxy) is 1. The van der Waals surface area contributed by atoms with Crippen molar-refractivity contribution < 1.29 is 13.9 Å². The van der Waals surface area contributed by atoms with Gasteiger partial charge in [-0.15, -0.1) is 0 Å². The summed E-state index contributed by atoms with van der Waals surface area (Å²) in [6.07, 6.45) is 1.56. The van der Waals surface area contributed by atoms with E-state index in [1.807, 2.05) is 62.4 Å². The lowest BCUT2D eigenvalue weighted by atomic mass is 10.1. The number of aliphatic imine (C=N–C) groups is 1. The predicted octanol–water partition coefficient (Wildman–Crippen LogP) is 3.65. The van der Waals surface area contributed by atoms with Crippen LogP contribution in [0.2, 0.25) is 0 Å². The molecule has 0 saturated heterocycles. The molecule has 3 aromatic rings. The maximum absolute atomic E-state index is 12.4. The number of carbonyl (C=O) groups is 1. The number of guanidine groups is 1. The van der Waals surface area contributed by atoms with Gasteiger partial charge in [0, 0.05) is 19.2 Å². The highest BCUT2D eigenvalue weighted by atomic mass is 16.5. The highest BCUT2D eigenvalue weighted by molar-refractivity contribution is 5.94. The summed E-state index contributed by atoms with van der Waals surface area (Å²) in [5, 5.41) is 9.40. The fraction of sp³-hybridized carbons (Fsp3) is 0.280. The number of carbonyl (C=O) groups excluding carboxylic acids is 1. The van der Waals surface area contributed by atoms with Gasteiger partial charge in [-0.25, -0.2) is 0 Å². The minimum Gasteiger partial charge on any atom is -0.489 e. The van der Waals surface area contributed by atoms with Gasteiger partial charge in [0.05, 0.1) is 19.4 Å². The Morgan fingerprint density at radius 1 is 1.03 bits per heavy atom. The number of rotatable bonds is 9. The van der Waals surface area contributed by atoms with Crippen LogP contribution in [0.1, 0.15) is 34.2 Å². The number of nitrogens with zero attached hydrogens (tertiary/aromatic N) is 1. The van der Waals surface area contributed by atoms with Crippen LogP contribution < -0.4 is 20.7 Å². The standard InChI is InChI=1S/C25H30N4O3/c1-18-7-4-10-22(13-18)32-19(2)15-28-25(26-3)29-16-20-8-5-9-21(14-20)24(30)27-17-23-11-6-12-31-23/h4-14,19H,15-17H2,1-3H3,(H,27,30)(H2,26,28,29). The summed E-state index contributed by atoms with van der Waals surface area (Å²) in [5.74, 6) is 2.08. The fourth-order valence-electron chi connectivity index (χ4n) is 3.11. The lowest BCUT2D eigenvalue weighted by molar-refractivity contribution is 0.0948. The SMILES string of the molecule is CN=C(NCc1cccc(C(=O)NCc2ccco2)c1)NCC(C)Oc1cccc(C)c1. The maximum atomic E-state index is 12.4. The van der Waals surface area contributed by atoms with Crippen molar-refractivity contribution in [2.45, 2.75) is 33.0 Å². The first-order chi connectivity index (χ1) is 15.5. The summed E-state index contributed by atoms with van der Waals surface area (Å²) in [5.41, 5.74) is 2.73. The molecule has 3 N–H and O–H groups in total. The summed E-state index contributed by atoms with van der Waals surface area (Å²) in [4.78, 5) is 16.7. The number of amides is 1. The average Bonchev–Trinajstić information content (AvgIpc) is 3.31. The van der Waals surface area contributed by atoms with E-state index in [2.05, 4.69) is 20.9 Å². The van der Waals surface area contributed by atoms with Crippen molar-refractivity contribution in [1.29, 1.82) is 0 Å². The van der Waals surface area contributed by atoms with Crippen molar-refractivity contribution >= 4 is 11.9 Å². The van der Waals surface area contributed by atoms with Crippen molar-refractivity contribution in [3.63, 3.8) is 0 Å². The molecule has 7 nitrogen and oxygen atoms in total. The molecule has 1 atom stereocenters. The van der Waals surface area contributed by atoms with Crippen LogP contribution in [0, 0.1) is 6.92 Å². The zero-order valence-electron chi connectivity index (χ0n) is 18.7. The third kappa shape index (κ3) is 7.19. The molecule has 0 spiro atoms. The Morgan fingerprint density at radius 3 is 2.62 bits per heavy atom. The second-order valence-electron chi connectivity index (χ2n) is 7.51. The molecule has 32 heavy (non-hydrogen) atoms. The van der Waals surface area contributed by atoms with Gasteiger partial charge in [-0.3, -0.25) is 9.79 Å². The lowest BCUT2D eigenvalue weighted by Crippen LogP contribution is -2.41. The van der Waals surface area contributed by atoms with Gasteiger partial charge in [0.15, 0.2) is 5.96 Å². The van der Waals surface area contributed by atoms with E-state index < -0.39 is 0 Å². The van der Waals surface area contributed by atoms with E-state index in [-0.39, 0.29) is 12.0 Å². The largest absolute Gasteiger partial charge is 0.489 e. The molecule has 0 fully saturated rings. The van der Waals surface area contributed by atoms with Crippen LogP contribution in [0.15, 0.2) is 76.3 Å². The van der Waals surface area contributed by atoms with Crippen LogP contribution in [0.25, 0.3) is 0 Å². The van der Waals surface area contributed by atoms with Gasteiger partial charge in [0.1, 0.15) is 17.6 Å². The van der Waals surface area contributed by atoms with Crippen molar-refractivity contribution in [2.24, 2.45) is 4.99 Å². The highest BCUT2D eigenvalue weighted by Crippen LogP contribution is 2.14. The van der Waals surface area contributed by atoms with Gasteiger partial charge in [-0.05, 0) is 61.4 Å². The Labute approximate surface area is 188 Å². The molecule has 0 aliphatic carbocycles. The van der Waals surface area contributed by atoms with E-state index in [4.69, 9.17) is 9.15 Å². The number of benzene rings is 2. The van der Waals surface area contributed by atoms with Gasteiger partial charge in [0.2, 0.25) is 0 Å². The topological polar surface area (TPSA) is 87.9 Å². The molecule has 1 unspecified atom stereocenters. The molecular formula is C25H30N4O3. The van der Waals surface area contributed by atoms with Crippen molar-refractivity contribution in [1.82, 2.24) is 16.0 Å². The zero-order valence-corrected chi connectivity index (χ0v) is 18.7. The maximum Gasteiger partial charge on any atom is 0.251 e. The van der Waals surface area contributed by atoms with Gasteiger partial charge >= 0.3 is 0 Å². The van der Waals surface area contributed by atoms with Crippen molar-refractivity contribution in [3.8, 4) is 5.75 Å². The first-order valence-corrected chi connectivity index (χ1v) is 10.6. The molecule has 3 rings (SSSR count). The predicted molar refractivity (Wildman–Crippen MR) is 126 cm³/mol. The first kappa shape index (κ1) is 22.9. The molecule has 2 aromatic carbocycles. The number of hydrogen-bond acceptors (Lipinski definition) is 4. The normalized spacial score (nSPS) is 12.2. The molecule has 0 saturated carbocycles. The monoisotopic (exact) mass is 434 g/mol. The fourth-order valence-corrected chi connectivity index (χ4v) is 3.11. The van der Waals surface area contributed by atoms with Crippen molar-refractivity contribution in [3.05, 3.63) is 89.4 Å². The molecular weight excluding hydrogens is 404 g/mol. The van der Waals surface area contributed by atoms with Crippen LogP contribution in [-0.2, 0) is 13.1 Å². The Bertz CT molecular complexity index is 1030. The van der Waals surface area contributed by atoms with Crippen molar-refractivity contribution in [2.75, 3.05) is 13.6 Å². The third-order valence-corrected chi connectivity index (χ3v) is 4.76. The summed E-state index contributed by atoms with van der Waals surface area (Å²) in [7, 11) is 1.72. The minimum atomic E-state index is -0.145. The van der Waals surface area contributed by atoms with Gasteiger partial charge < -0.3 is 25.1 Å². The molecule has 0 radical (unpaired) electrons. The second kappa shape index (κ2) is 11.6. The summed E-state index contributed by atoms with van der Waals surface area (Å²) in [6, 6.07) is 19.1. The zero-order chi connectivity index (χ0) is 22.8. The second-order valence-corrected chi connectivity index (χ2v) is 7.51. The molecule has 168 valence electrons.